The van der Waals surface area contributed by atoms with E-state index in [-0.39, 0.29) is 17.2 Å². The number of unbranched alkanes of at least 4 members (excludes halogenated alkanes) is 1. The number of rotatable bonds is 6. The van der Waals surface area contributed by atoms with E-state index in [0.717, 1.165) is 24.8 Å². The molecule has 0 atom stereocenters. The third kappa shape index (κ3) is 5.67. The van der Waals surface area contributed by atoms with E-state index in [1.165, 1.54) is 6.08 Å². The highest BCUT2D eigenvalue weighted by atomic mass is 31.2. The lowest BCUT2D eigenvalue weighted by atomic mass is 9.95. The summed E-state index contributed by atoms with van der Waals surface area (Å²) in [6.45, 7) is 0. The van der Waals surface area contributed by atoms with Gasteiger partial charge in [0.2, 0.25) is 0 Å². The van der Waals surface area contributed by atoms with Gasteiger partial charge >= 0.3 is 7.75 Å². The Morgan fingerprint density at radius 2 is 1.87 bits per heavy atom. The van der Waals surface area contributed by atoms with Crippen LogP contribution in [0.1, 0.15) is 31.2 Å². The number of aromatic hydroxyl groups is 1. The number of aliphatic hydroxyl groups is 1. The maximum Gasteiger partial charge on any atom is 0.448 e. The number of hydrogen-bond donors (Lipinski definition) is 4. The Morgan fingerprint density at radius 1 is 1.13 bits per heavy atom. The second kappa shape index (κ2) is 7.59. The molecule has 0 fully saturated rings. The standard InChI is InChI=1S/C16H20NO5P/c18-13-7-3-6-12(11-13)5-1-2-8-14-15(17-23(20,21)22)9-4-10-16(14)19/h3-4,6-7,10-11,18-19H,1-2,5,8-9H2,(H2,20,21,22). The Labute approximate surface area is 134 Å². The van der Waals surface area contributed by atoms with Crippen LogP contribution in [-0.4, -0.2) is 25.7 Å². The van der Waals surface area contributed by atoms with Crippen molar-refractivity contribution in [1.29, 1.82) is 0 Å². The Balaban J connectivity index is 1.96. The molecule has 1 aromatic carbocycles. The molecule has 124 valence electrons. The summed E-state index contributed by atoms with van der Waals surface area (Å²) in [7, 11) is -4.51. The number of hydrogen-bond acceptors (Lipinski definition) is 3. The van der Waals surface area contributed by atoms with E-state index in [0.29, 0.717) is 18.4 Å². The SMILES string of the molecule is O=P(O)(O)N=C1CC=CC(O)=C1CCCCc1cccc(O)c1. The number of allylic oxidation sites excluding steroid dienone is 3. The van der Waals surface area contributed by atoms with Crippen molar-refractivity contribution < 1.29 is 24.6 Å². The zero-order valence-corrected chi connectivity index (χ0v) is 13.5. The van der Waals surface area contributed by atoms with E-state index >= 15 is 0 Å². The van der Waals surface area contributed by atoms with Crippen LogP contribution in [0.5, 0.6) is 5.75 Å². The van der Waals surface area contributed by atoms with Crippen LogP contribution in [0.15, 0.2) is 52.5 Å². The van der Waals surface area contributed by atoms with Crippen molar-refractivity contribution in [3.05, 3.63) is 53.3 Å². The van der Waals surface area contributed by atoms with E-state index in [9.17, 15) is 14.8 Å². The molecular formula is C16H20NO5P. The average Bonchev–Trinajstić information content (AvgIpc) is 2.44. The smallest absolute Gasteiger partial charge is 0.448 e. The second-order valence-electron chi connectivity index (χ2n) is 5.41. The van der Waals surface area contributed by atoms with Gasteiger partial charge in [-0.3, -0.25) is 0 Å². The quantitative estimate of drug-likeness (QED) is 0.470. The molecule has 0 unspecified atom stereocenters. The molecule has 7 heteroatoms. The van der Waals surface area contributed by atoms with Crippen LogP contribution >= 0.6 is 7.75 Å². The summed E-state index contributed by atoms with van der Waals surface area (Å²) < 4.78 is 14.5. The van der Waals surface area contributed by atoms with Crippen molar-refractivity contribution in [3.63, 3.8) is 0 Å². The summed E-state index contributed by atoms with van der Waals surface area (Å²) >= 11 is 0. The Morgan fingerprint density at radius 3 is 2.57 bits per heavy atom. The van der Waals surface area contributed by atoms with Crippen LogP contribution in [0.3, 0.4) is 0 Å². The van der Waals surface area contributed by atoms with Gasteiger partial charge in [-0.25, -0.2) is 4.57 Å². The van der Waals surface area contributed by atoms with E-state index in [1.54, 1.807) is 24.3 Å². The monoisotopic (exact) mass is 337 g/mol. The minimum absolute atomic E-state index is 0.0146. The summed E-state index contributed by atoms with van der Waals surface area (Å²) in [5.41, 5.74) is 1.76. The summed E-state index contributed by atoms with van der Waals surface area (Å²) in [5.74, 6) is 0.247. The number of aryl methyl sites for hydroxylation is 1. The molecule has 23 heavy (non-hydrogen) atoms. The maximum absolute atomic E-state index is 11.1. The highest BCUT2D eigenvalue weighted by molar-refractivity contribution is 7.50. The van der Waals surface area contributed by atoms with E-state index in [2.05, 4.69) is 4.76 Å². The molecule has 0 bridgehead atoms. The lowest BCUT2D eigenvalue weighted by molar-refractivity contribution is 0.375. The van der Waals surface area contributed by atoms with Crippen molar-refractivity contribution in [2.45, 2.75) is 32.1 Å². The summed E-state index contributed by atoms with van der Waals surface area (Å²) in [6, 6.07) is 7.04. The third-order valence-electron chi connectivity index (χ3n) is 3.55. The fourth-order valence-electron chi connectivity index (χ4n) is 2.53. The highest BCUT2D eigenvalue weighted by Gasteiger charge is 2.19. The van der Waals surface area contributed by atoms with Crippen LogP contribution in [0.2, 0.25) is 0 Å². The zero-order valence-electron chi connectivity index (χ0n) is 12.6. The lowest BCUT2D eigenvalue weighted by Crippen LogP contribution is -2.09. The maximum atomic E-state index is 11.1. The van der Waals surface area contributed by atoms with Crippen LogP contribution in [-0.2, 0) is 11.0 Å². The third-order valence-corrected chi connectivity index (χ3v) is 4.05. The first-order valence-electron chi connectivity index (χ1n) is 7.37. The molecule has 1 aliphatic carbocycles. The van der Waals surface area contributed by atoms with Crippen LogP contribution in [0, 0.1) is 0 Å². The van der Waals surface area contributed by atoms with Crippen LogP contribution in [0.25, 0.3) is 0 Å². The molecule has 1 aromatic rings. The average molecular weight is 337 g/mol. The number of aliphatic hydroxyl groups excluding tert-OH is 1. The van der Waals surface area contributed by atoms with Crippen molar-refractivity contribution >= 4 is 13.5 Å². The Hall–Kier alpha value is -1.88. The molecule has 1 aliphatic rings. The summed E-state index contributed by atoms with van der Waals surface area (Å²) in [5, 5.41) is 19.3. The first kappa shape index (κ1) is 17.5. The van der Waals surface area contributed by atoms with Crippen molar-refractivity contribution in [3.8, 4) is 5.75 Å². The van der Waals surface area contributed by atoms with E-state index in [4.69, 9.17) is 9.79 Å². The molecule has 0 amide bonds. The minimum Gasteiger partial charge on any atom is -0.508 e. The Bertz CT molecular complexity index is 702. The Kier molecular flexibility index (Phi) is 5.77. The van der Waals surface area contributed by atoms with E-state index < -0.39 is 7.75 Å². The number of benzene rings is 1. The number of nitrogens with zero attached hydrogens (tertiary/aromatic N) is 1. The zero-order chi connectivity index (χ0) is 16.9. The molecular weight excluding hydrogens is 317 g/mol. The molecule has 6 nitrogen and oxygen atoms in total. The highest BCUT2D eigenvalue weighted by Crippen LogP contribution is 2.38. The van der Waals surface area contributed by atoms with Crippen LogP contribution in [0.4, 0.5) is 0 Å². The van der Waals surface area contributed by atoms with Gasteiger partial charge in [0, 0.05) is 12.0 Å². The van der Waals surface area contributed by atoms with Gasteiger partial charge in [-0.1, -0.05) is 18.2 Å². The van der Waals surface area contributed by atoms with E-state index in [1.807, 2.05) is 6.07 Å². The summed E-state index contributed by atoms with van der Waals surface area (Å²) in [4.78, 5) is 18.0. The molecule has 0 heterocycles. The lowest BCUT2D eigenvalue weighted by Gasteiger charge is -2.15. The van der Waals surface area contributed by atoms with Crippen molar-refractivity contribution in [2.75, 3.05) is 0 Å². The minimum atomic E-state index is -4.51. The van der Waals surface area contributed by atoms with Gasteiger partial charge in [0.05, 0.1) is 5.71 Å². The molecule has 0 aliphatic heterocycles. The van der Waals surface area contributed by atoms with Gasteiger partial charge in [0.1, 0.15) is 11.5 Å². The first-order valence-corrected chi connectivity index (χ1v) is 8.93. The summed E-state index contributed by atoms with van der Waals surface area (Å²) in [6.07, 6.45) is 6.30. The molecule has 0 saturated heterocycles. The van der Waals surface area contributed by atoms with Gasteiger partial charge in [-0.2, -0.15) is 4.76 Å². The van der Waals surface area contributed by atoms with Gasteiger partial charge in [-0.15, -0.1) is 0 Å². The predicted molar refractivity (Wildman–Crippen MR) is 88.6 cm³/mol. The molecule has 4 N–H and O–H groups in total. The van der Waals surface area contributed by atoms with Crippen molar-refractivity contribution in [1.82, 2.24) is 0 Å². The molecule has 2 rings (SSSR count). The largest absolute Gasteiger partial charge is 0.508 e. The van der Waals surface area contributed by atoms with Gasteiger partial charge in [0.15, 0.2) is 0 Å². The molecule has 0 saturated carbocycles. The predicted octanol–water partition coefficient (Wildman–Crippen LogP) is 3.41. The molecule has 0 aromatic heterocycles. The molecule has 0 radical (unpaired) electrons. The normalized spacial score (nSPS) is 17.0. The number of phenols is 1. The topological polar surface area (TPSA) is 110 Å². The fraction of sp³-hybridized carbons (Fsp3) is 0.312. The first-order chi connectivity index (χ1) is 10.8. The second-order valence-corrected chi connectivity index (χ2v) is 6.63. The van der Waals surface area contributed by atoms with Gasteiger partial charge in [0.25, 0.3) is 0 Å². The van der Waals surface area contributed by atoms with Crippen LogP contribution < -0.4 is 0 Å². The van der Waals surface area contributed by atoms with Gasteiger partial charge < -0.3 is 20.0 Å². The molecule has 0 spiro atoms. The van der Waals surface area contributed by atoms with Gasteiger partial charge in [-0.05, 0) is 49.5 Å². The fourth-order valence-corrected chi connectivity index (χ4v) is 3.04. The van der Waals surface area contributed by atoms with Crippen molar-refractivity contribution in [2.24, 2.45) is 4.76 Å². The number of phenolic OH excluding ortho intramolecular Hbond substituents is 1.